The van der Waals surface area contributed by atoms with Crippen LogP contribution in [-0.4, -0.2) is 33.5 Å². The molecule has 0 aromatic heterocycles. The van der Waals surface area contributed by atoms with Gasteiger partial charge in [0.15, 0.2) is 11.5 Å². The summed E-state index contributed by atoms with van der Waals surface area (Å²) in [5, 5.41) is 4.14. The molecule has 1 N–H and O–H groups in total. The molecule has 0 heterocycles. The van der Waals surface area contributed by atoms with Crippen LogP contribution < -0.4 is 14.8 Å². The zero-order valence-electron chi connectivity index (χ0n) is 12.1. The quantitative estimate of drug-likeness (QED) is 0.712. The van der Waals surface area contributed by atoms with Crippen LogP contribution in [-0.2, 0) is 11.3 Å². The van der Waals surface area contributed by atoms with E-state index in [0.717, 1.165) is 24.3 Å². The van der Waals surface area contributed by atoms with E-state index in [2.05, 4.69) is 5.32 Å². The van der Waals surface area contributed by atoms with Crippen LogP contribution in [0.15, 0.2) is 12.1 Å². The Hall–Kier alpha value is -0.970. The lowest BCUT2D eigenvalue weighted by Gasteiger charge is -2.16. The predicted molar refractivity (Wildman–Crippen MR) is 79.9 cm³/mol. The van der Waals surface area contributed by atoms with Crippen LogP contribution in [0.3, 0.4) is 0 Å². The van der Waals surface area contributed by atoms with Gasteiger partial charge in [-0.2, -0.15) is 0 Å². The number of halogens is 1. The Kier molecular flexibility index (Phi) is 5.95. The summed E-state index contributed by atoms with van der Waals surface area (Å²) in [5.41, 5.74) is 1.04. The van der Waals surface area contributed by atoms with Gasteiger partial charge in [0.25, 0.3) is 0 Å². The molecule has 0 atom stereocenters. The molecule has 1 saturated carbocycles. The predicted octanol–water partition coefficient (Wildman–Crippen LogP) is 3.02. The molecule has 0 saturated heterocycles. The molecule has 1 aromatic carbocycles. The van der Waals surface area contributed by atoms with E-state index >= 15 is 0 Å². The van der Waals surface area contributed by atoms with Crippen LogP contribution in [0.2, 0.25) is 5.02 Å². The van der Waals surface area contributed by atoms with Gasteiger partial charge in [0.2, 0.25) is 0 Å². The molecule has 0 radical (unpaired) electrons. The maximum absolute atomic E-state index is 6.13. The summed E-state index contributed by atoms with van der Waals surface area (Å²) in [6.07, 6.45) is 3.35. The van der Waals surface area contributed by atoms with Gasteiger partial charge in [-0.1, -0.05) is 11.6 Å². The molecule has 4 nitrogen and oxygen atoms in total. The Bertz CT molecular complexity index is 435. The SMILES string of the molecule is COCCCOc1c(CNC2CC2)cc(Cl)cc1OC. The number of benzene rings is 1. The molecule has 1 aliphatic carbocycles. The lowest BCUT2D eigenvalue weighted by Crippen LogP contribution is -2.16. The average Bonchev–Trinajstić information content (AvgIpc) is 3.26. The van der Waals surface area contributed by atoms with Gasteiger partial charge in [-0.25, -0.2) is 0 Å². The van der Waals surface area contributed by atoms with Crippen LogP contribution in [0.5, 0.6) is 11.5 Å². The van der Waals surface area contributed by atoms with Crippen molar-refractivity contribution in [1.82, 2.24) is 5.32 Å². The second-order valence-corrected chi connectivity index (χ2v) is 5.38. The van der Waals surface area contributed by atoms with E-state index in [1.807, 2.05) is 6.07 Å². The van der Waals surface area contributed by atoms with E-state index in [1.165, 1.54) is 12.8 Å². The second kappa shape index (κ2) is 7.72. The minimum Gasteiger partial charge on any atom is -0.493 e. The van der Waals surface area contributed by atoms with Gasteiger partial charge >= 0.3 is 0 Å². The lowest BCUT2D eigenvalue weighted by molar-refractivity contribution is 0.170. The van der Waals surface area contributed by atoms with E-state index in [-0.39, 0.29) is 0 Å². The molecule has 1 fully saturated rings. The highest BCUT2D eigenvalue weighted by Crippen LogP contribution is 2.35. The van der Waals surface area contributed by atoms with Crippen molar-refractivity contribution in [3.8, 4) is 11.5 Å². The van der Waals surface area contributed by atoms with E-state index in [1.54, 1.807) is 20.3 Å². The fourth-order valence-electron chi connectivity index (χ4n) is 1.99. The van der Waals surface area contributed by atoms with Crippen LogP contribution >= 0.6 is 11.6 Å². The Morgan fingerprint density at radius 2 is 2.05 bits per heavy atom. The molecule has 1 aromatic rings. The molecule has 0 unspecified atom stereocenters. The van der Waals surface area contributed by atoms with Crippen molar-refractivity contribution in [2.75, 3.05) is 27.4 Å². The molecular formula is C15H22ClNO3. The maximum atomic E-state index is 6.13. The Morgan fingerprint density at radius 3 is 2.70 bits per heavy atom. The van der Waals surface area contributed by atoms with Gasteiger partial charge in [0.1, 0.15) is 0 Å². The third-order valence-electron chi connectivity index (χ3n) is 3.21. The molecule has 20 heavy (non-hydrogen) atoms. The summed E-state index contributed by atoms with van der Waals surface area (Å²) in [6, 6.07) is 4.36. The van der Waals surface area contributed by atoms with Gasteiger partial charge in [0.05, 0.1) is 13.7 Å². The van der Waals surface area contributed by atoms with E-state index in [4.69, 9.17) is 25.8 Å². The second-order valence-electron chi connectivity index (χ2n) is 4.95. The van der Waals surface area contributed by atoms with Crippen molar-refractivity contribution >= 4 is 11.6 Å². The summed E-state index contributed by atoms with van der Waals surface area (Å²) in [4.78, 5) is 0. The lowest BCUT2D eigenvalue weighted by atomic mass is 10.1. The topological polar surface area (TPSA) is 39.7 Å². The van der Waals surface area contributed by atoms with Crippen molar-refractivity contribution in [3.05, 3.63) is 22.7 Å². The number of hydrogen-bond donors (Lipinski definition) is 1. The monoisotopic (exact) mass is 299 g/mol. The van der Waals surface area contributed by atoms with Gasteiger partial charge in [0, 0.05) is 49.4 Å². The molecule has 112 valence electrons. The zero-order valence-corrected chi connectivity index (χ0v) is 12.8. The number of rotatable bonds is 9. The maximum Gasteiger partial charge on any atom is 0.165 e. The number of nitrogens with one attached hydrogen (secondary N) is 1. The first kappa shape index (κ1) is 15.4. The van der Waals surface area contributed by atoms with Crippen molar-refractivity contribution in [2.24, 2.45) is 0 Å². The molecule has 0 bridgehead atoms. The Balaban J connectivity index is 2.06. The molecule has 0 amide bonds. The van der Waals surface area contributed by atoms with Crippen LogP contribution in [0.25, 0.3) is 0 Å². The highest BCUT2D eigenvalue weighted by Gasteiger charge is 2.21. The summed E-state index contributed by atoms with van der Waals surface area (Å²) >= 11 is 6.13. The normalized spacial score (nSPS) is 14.3. The van der Waals surface area contributed by atoms with E-state index in [0.29, 0.717) is 30.0 Å². The van der Waals surface area contributed by atoms with Gasteiger partial charge in [-0.05, 0) is 18.9 Å². The van der Waals surface area contributed by atoms with Crippen molar-refractivity contribution in [3.63, 3.8) is 0 Å². The smallest absolute Gasteiger partial charge is 0.165 e. The first-order valence-corrected chi connectivity index (χ1v) is 7.34. The molecule has 0 aliphatic heterocycles. The summed E-state index contributed by atoms with van der Waals surface area (Å²) < 4.78 is 16.3. The molecule has 5 heteroatoms. The molecule has 0 spiro atoms. The van der Waals surface area contributed by atoms with Crippen molar-refractivity contribution in [1.29, 1.82) is 0 Å². The number of ether oxygens (including phenoxy) is 3. The van der Waals surface area contributed by atoms with Crippen molar-refractivity contribution in [2.45, 2.75) is 31.8 Å². The third-order valence-corrected chi connectivity index (χ3v) is 3.43. The summed E-state index contributed by atoms with van der Waals surface area (Å²) in [7, 11) is 3.32. The standard InChI is InChI=1S/C15H22ClNO3/c1-18-6-3-7-20-15-11(10-17-13-4-5-13)8-12(16)9-14(15)19-2/h8-9,13,17H,3-7,10H2,1-2H3. The van der Waals surface area contributed by atoms with Crippen LogP contribution in [0, 0.1) is 0 Å². The largest absolute Gasteiger partial charge is 0.493 e. The molecule has 2 rings (SSSR count). The molecular weight excluding hydrogens is 278 g/mol. The van der Waals surface area contributed by atoms with Gasteiger partial charge in [-0.15, -0.1) is 0 Å². The van der Waals surface area contributed by atoms with Gasteiger partial charge < -0.3 is 19.5 Å². The Morgan fingerprint density at radius 1 is 1.25 bits per heavy atom. The van der Waals surface area contributed by atoms with E-state index < -0.39 is 0 Å². The fraction of sp³-hybridized carbons (Fsp3) is 0.600. The Labute approximate surface area is 125 Å². The third kappa shape index (κ3) is 4.54. The van der Waals surface area contributed by atoms with Crippen molar-refractivity contribution < 1.29 is 14.2 Å². The highest BCUT2D eigenvalue weighted by molar-refractivity contribution is 6.30. The average molecular weight is 300 g/mol. The van der Waals surface area contributed by atoms with Gasteiger partial charge in [-0.3, -0.25) is 0 Å². The summed E-state index contributed by atoms with van der Waals surface area (Å²) in [6.45, 7) is 2.04. The first-order valence-electron chi connectivity index (χ1n) is 6.96. The number of methoxy groups -OCH3 is 2. The molecule has 1 aliphatic rings. The van der Waals surface area contributed by atoms with E-state index in [9.17, 15) is 0 Å². The highest BCUT2D eigenvalue weighted by atomic mass is 35.5. The number of hydrogen-bond acceptors (Lipinski definition) is 4. The fourth-order valence-corrected chi connectivity index (χ4v) is 2.22. The zero-order chi connectivity index (χ0) is 14.4. The summed E-state index contributed by atoms with van der Waals surface area (Å²) in [5.74, 6) is 1.46. The van der Waals surface area contributed by atoms with Crippen LogP contribution in [0.4, 0.5) is 0 Å². The van der Waals surface area contributed by atoms with Crippen LogP contribution in [0.1, 0.15) is 24.8 Å². The minimum atomic E-state index is 0.599. The first-order chi connectivity index (χ1) is 9.74. The minimum absolute atomic E-state index is 0.599.